The Balaban J connectivity index is 2.13. The van der Waals surface area contributed by atoms with Crippen molar-refractivity contribution in [3.05, 3.63) is 17.7 Å². The zero-order valence-electron chi connectivity index (χ0n) is 12.0. The average Bonchev–Trinajstić information content (AvgIpc) is 2.76. The zero-order valence-corrected chi connectivity index (χ0v) is 12.0. The number of fused-ring (bicyclic) bond motifs is 1. The molecule has 1 saturated heterocycles. The number of benzene rings is 1. The summed E-state index contributed by atoms with van der Waals surface area (Å²) in [5.41, 5.74) is 7.75. The van der Waals surface area contributed by atoms with Crippen LogP contribution in [0.25, 0.3) is 11.0 Å². The Hall–Kier alpha value is -2.28. The Bertz CT molecular complexity index is 691. The van der Waals surface area contributed by atoms with Crippen LogP contribution in [0.15, 0.2) is 12.1 Å². The van der Waals surface area contributed by atoms with E-state index in [-0.39, 0.29) is 6.10 Å². The lowest BCUT2D eigenvalue weighted by molar-refractivity contribution is -0.0583. The molecule has 21 heavy (non-hydrogen) atoms. The minimum atomic E-state index is -0.429. The van der Waals surface area contributed by atoms with Gasteiger partial charge < -0.3 is 24.5 Å². The molecule has 2 N–H and O–H groups in total. The van der Waals surface area contributed by atoms with Crippen molar-refractivity contribution in [1.29, 1.82) is 0 Å². The van der Waals surface area contributed by atoms with E-state index in [0.717, 1.165) is 18.5 Å². The standard InChI is InChI=1S/C14H17N3O4/c1-19-11-6-8(13(18)20-2)5-10-12(11)16-14(15)17(10)7-9-3-4-21-9/h5-6,9H,3-4,7H2,1-2H3,(H2,15,16)/t9-/m0/s1. The van der Waals surface area contributed by atoms with E-state index in [9.17, 15) is 4.79 Å². The third-order valence-electron chi connectivity index (χ3n) is 3.67. The van der Waals surface area contributed by atoms with Gasteiger partial charge in [-0.2, -0.15) is 0 Å². The summed E-state index contributed by atoms with van der Waals surface area (Å²) in [4.78, 5) is 16.1. The molecule has 0 radical (unpaired) electrons. The molecule has 112 valence electrons. The molecule has 1 aromatic carbocycles. The first-order valence-corrected chi connectivity index (χ1v) is 6.67. The largest absolute Gasteiger partial charge is 0.494 e. The van der Waals surface area contributed by atoms with Crippen molar-refractivity contribution in [1.82, 2.24) is 9.55 Å². The number of carbonyl (C=O) groups excluding carboxylic acids is 1. The van der Waals surface area contributed by atoms with Crippen LogP contribution in [0.5, 0.6) is 5.75 Å². The van der Waals surface area contributed by atoms with Crippen molar-refractivity contribution in [2.75, 3.05) is 26.6 Å². The minimum Gasteiger partial charge on any atom is -0.494 e. The van der Waals surface area contributed by atoms with E-state index in [2.05, 4.69) is 4.98 Å². The highest BCUT2D eigenvalue weighted by Gasteiger charge is 2.23. The van der Waals surface area contributed by atoms with Gasteiger partial charge in [-0.05, 0) is 18.6 Å². The molecule has 0 bridgehead atoms. The van der Waals surface area contributed by atoms with Gasteiger partial charge in [-0.25, -0.2) is 9.78 Å². The normalized spacial score (nSPS) is 17.5. The van der Waals surface area contributed by atoms with Gasteiger partial charge in [-0.15, -0.1) is 0 Å². The average molecular weight is 291 g/mol. The van der Waals surface area contributed by atoms with Gasteiger partial charge >= 0.3 is 5.97 Å². The van der Waals surface area contributed by atoms with E-state index in [1.165, 1.54) is 14.2 Å². The summed E-state index contributed by atoms with van der Waals surface area (Å²) in [5.74, 6) is 0.440. The number of hydrogen-bond acceptors (Lipinski definition) is 6. The number of nitrogen functional groups attached to an aromatic ring is 1. The van der Waals surface area contributed by atoms with E-state index in [0.29, 0.717) is 29.3 Å². The first-order valence-electron chi connectivity index (χ1n) is 6.67. The number of aromatic nitrogens is 2. The molecule has 1 aromatic heterocycles. The van der Waals surface area contributed by atoms with E-state index in [1.807, 2.05) is 4.57 Å². The van der Waals surface area contributed by atoms with E-state index in [4.69, 9.17) is 19.9 Å². The highest BCUT2D eigenvalue weighted by Crippen LogP contribution is 2.30. The number of methoxy groups -OCH3 is 2. The second kappa shape index (κ2) is 5.25. The lowest BCUT2D eigenvalue weighted by Crippen LogP contribution is -2.31. The Morgan fingerprint density at radius 2 is 2.29 bits per heavy atom. The van der Waals surface area contributed by atoms with Crippen LogP contribution in [-0.4, -0.2) is 42.5 Å². The number of esters is 1. The highest BCUT2D eigenvalue weighted by atomic mass is 16.5. The van der Waals surface area contributed by atoms with Gasteiger partial charge in [-0.3, -0.25) is 0 Å². The van der Waals surface area contributed by atoms with Gasteiger partial charge in [0.1, 0.15) is 11.3 Å². The van der Waals surface area contributed by atoms with Crippen molar-refractivity contribution in [2.45, 2.75) is 19.1 Å². The van der Waals surface area contributed by atoms with Crippen LogP contribution >= 0.6 is 0 Å². The minimum absolute atomic E-state index is 0.137. The number of imidazole rings is 1. The molecule has 0 unspecified atom stereocenters. The first kappa shape index (κ1) is 13.7. The van der Waals surface area contributed by atoms with Gasteiger partial charge in [0, 0.05) is 6.61 Å². The van der Waals surface area contributed by atoms with E-state index >= 15 is 0 Å². The summed E-state index contributed by atoms with van der Waals surface area (Å²) >= 11 is 0. The summed E-state index contributed by atoms with van der Waals surface area (Å²) in [7, 11) is 2.87. The summed E-state index contributed by atoms with van der Waals surface area (Å²) in [6.45, 7) is 1.38. The fourth-order valence-electron chi connectivity index (χ4n) is 2.42. The van der Waals surface area contributed by atoms with Crippen LogP contribution in [0.3, 0.4) is 0 Å². The monoisotopic (exact) mass is 291 g/mol. The van der Waals surface area contributed by atoms with Crippen LogP contribution < -0.4 is 10.5 Å². The van der Waals surface area contributed by atoms with Crippen molar-refractivity contribution < 1.29 is 19.0 Å². The van der Waals surface area contributed by atoms with E-state index in [1.54, 1.807) is 12.1 Å². The summed E-state index contributed by atoms with van der Waals surface area (Å²) in [6, 6.07) is 3.32. The van der Waals surface area contributed by atoms with Gasteiger partial charge in [0.05, 0.1) is 37.9 Å². The van der Waals surface area contributed by atoms with Crippen LogP contribution in [-0.2, 0) is 16.0 Å². The van der Waals surface area contributed by atoms with Crippen LogP contribution in [0.1, 0.15) is 16.8 Å². The van der Waals surface area contributed by atoms with E-state index < -0.39 is 5.97 Å². The number of ether oxygens (including phenoxy) is 3. The van der Waals surface area contributed by atoms with Crippen LogP contribution in [0.2, 0.25) is 0 Å². The fraction of sp³-hybridized carbons (Fsp3) is 0.429. The van der Waals surface area contributed by atoms with Gasteiger partial charge in [-0.1, -0.05) is 0 Å². The molecule has 2 heterocycles. The molecule has 1 fully saturated rings. The molecule has 0 spiro atoms. The quantitative estimate of drug-likeness (QED) is 0.852. The second-order valence-corrected chi connectivity index (χ2v) is 4.90. The Morgan fingerprint density at radius 1 is 1.52 bits per heavy atom. The lowest BCUT2D eigenvalue weighted by atomic mass is 10.1. The molecular weight excluding hydrogens is 274 g/mol. The first-order chi connectivity index (χ1) is 10.1. The third kappa shape index (κ3) is 2.29. The summed E-state index contributed by atoms with van der Waals surface area (Å²) in [5, 5.41) is 0. The Labute approximate surface area is 121 Å². The van der Waals surface area contributed by atoms with Gasteiger partial charge in [0.25, 0.3) is 0 Å². The molecule has 0 aliphatic carbocycles. The van der Waals surface area contributed by atoms with Crippen molar-refractivity contribution in [3.63, 3.8) is 0 Å². The van der Waals surface area contributed by atoms with Crippen molar-refractivity contribution in [3.8, 4) is 5.75 Å². The highest BCUT2D eigenvalue weighted by molar-refractivity contribution is 5.96. The second-order valence-electron chi connectivity index (χ2n) is 4.90. The fourth-order valence-corrected chi connectivity index (χ4v) is 2.42. The smallest absolute Gasteiger partial charge is 0.338 e. The Morgan fingerprint density at radius 3 is 2.86 bits per heavy atom. The maximum Gasteiger partial charge on any atom is 0.338 e. The number of nitrogens with zero attached hydrogens (tertiary/aromatic N) is 2. The summed E-state index contributed by atoms with van der Waals surface area (Å²) < 4.78 is 17.3. The van der Waals surface area contributed by atoms with Crippen LogP contribution in [0.4, 0.5) is 5.95 Å². The topological polar surface area (TPSA) is 88.6 Å². The van der Waals surface area contributed by atoms with Gasteiger partial charge in [0.15, 0.2) is 0 Å². The zero-order chi connectivity index (χ0) is 15.0. The third-order valence-corrected chi connectivity index (χ3v) is 3.67. The number of carbonyl (C=O) groups is 1. The molecule has 0 amide bonds. The maximum atomic E-state index is 11.8. The molecule has 0 saturated carbocycles. The molecule has 1 atom stereocenters. The Kier molecular flexibility index (Phi) is 3.42. The van der Waals surface area contributed by atoms with Crippen LogP contribution in [0, 0.1) is 0 Å². The number of nitrogens with two attached hydrogens (primary N) is 1. The van der Waals surface area contributed by atoms with Gasteiger partial charge in [0.2, 0.25) is 5.95 Å². The van der Waals surface area contributed by atoms with Crippen molar-refractivity contribution >= 4 is 23.0 Å². The predicted molar refractivity (Wildman–Crippen MR) is 76.4 cm³/mol. The number of anilines is 1. The SMILES string of the molecule is COC(=O)c1cc(OC)c2nc(N)n(C[C@@H]3CCO3)c2c1. The molecule has 3 rings (SSSR count). The maximum absolute atomic E-state index is 11.8. The van der Waals surface area contributed by atoms with Crippen molar-refractivity contribution in [2.24, 2.45) is 0 Å². The molecule has 1 aliphatic heterocycles. The molecule has 7 nitrogen and oxygen atoms in total. The molecule has 2 aromatic rings. The molecule has 1 aliphatic rings. The summed E-state index contributed by atoms with van der Waals surface area (Å²) in [6.07, 6.45) is 1.13. The molecular formula is C14H17N3O4. The molecule has 7 heteroatoms. The predicted octanol–water partition coefficient (Wildman–Crippen LogP) is 1.20. The number of rotatable bonds is 4. The number of hydrogen-bond donors (Lipinski definition) is 1. The lowest BCUT2D eigenvalue weighted by Gasteiger charge is -2.27.